The zero-order valence-corrected chi connectivity index (χ0v) is 10.4. The Morgan fingerprint density at radius 1 is 1.40 bits per heavy atom. The van der Waals surface area contributed by atoms with Crippen molar-refractivity contribution in [2.45, 2.75) is 39.2 Å². The average molecular weight is 231 g/mol. The van der Waals surface area contributed by atoms with Gasteiger partial charge in [0.15, 0.2) is 9.84 Å². The minimum absolute atomic E-state index is 0.208. The van der Waals surface area contributed by atoms with E-state index in [1.165, 1.54) is 6.42 Å². The van der Waals surface area contributed by atoms with Crippen LogP contribution in [0.2, 0.25) is 0 Å². The Balaban J connectivity index is 1.76. The van der Waals surface area contributed by atoms with Crippen LogP contribution >= 0.6 is 0 Å². The van der Waals surface area contributed by atoms with Crippen LogP contribution in [0.1, 0.15) is 33.1 Å². The Bertz CT molecular complexity index is 334. The summed E-state index contributed by atoms with van der Waals surface area (Å²) in [5.41, 5.74) is 0.487. The van der Waals surface area contributed by atoms with E-state index >= 15 is 0 Å². The van der Waals surface area contributed by atoms with Gasteiger partial charge in [0.1, 0.15) is 0 Å². The van der Waals surface area contributed by atoms with E-state index in [2.05, 4.69) is 19.2 Å². The molecule has 0 spiro atoms. The molecule has 1 aliphatic heterocycles. The third-order valence-electron chi connectivity index (χ3n) is 3.83. The van der Waals surface area contributed by atoms with Gasteiger partial charge in [0.25, 0.3) is 0 Å². The first-order valence-electron chi connectivity index (χ1n) is 5.83. The van der Waals surface area contributed by atoms with E-state index in [0.29, 0.717) is 16.9 Å². The second-order valence-electron chi connectivity index (χ2n) is 5.75. The predicted molar refractivity (Wildman–Crippen MR) is 61.6 cm³/mol. The fourth-order valence-corrected chi connectivity index (χ4v) is 4.09. The van der Waals surface area contributed by atoms with Gasteiger partial charge in [-0.25, -0.2) is 8.42 Å². The highest BCUT2D eigenvalue weighted by Crippen LogP contribution is 2.51. The van der Waals surface area contributed by atoms with Gasteiger partial charge in [-0.15, -0.1) is 0 Å². The Kier molecular flexibility index (Phi) is 2.84. The van der Waals surface area contributed by atoms with Crippen molar-refractivity contribution in [1.82, 2.24) is 5.32 Å². The Morgan fingerprint density at radius 2 is 2.07 bits per heavy atom. The van der Waals surface area contributed by atoms with Crippen LogP contribution in [0.3, 0.4) is 0 Å². The zero-order valence-electron chi connectivity index (χ0n) is 9.62. The summed E-state index contributed by atoms with van der Waals surface area (Å²) < 4.78 is 22.8. The van der Waals surface area contributed by atoms with Crippen molar-refractivity contribution in [3.05, 3.63) is 0 Å². The molecule has 2 aliphatic rings. The highest BCUT2D eigenvalue weighted by molar-refractivity contribution is 7.91. The first kappa shape index (κ1) is 11.4. The minimum atomic E-state index is -2.75. The monoisotopic (exact) mass is 231 g/mol. The summed E-state index contributed by atoms with van der Waals surface area (Å²) in [4.78, 5) is 0. The van der Waals surface area contributed by atoms with E-state index in [0.717, 1.165) is 25.3 Å². The van der Waals surface area contributed by atoms with Crippen molar-refractivity contribution >= 4 is 9.84 Å². The van der Waals surface area contributed by atoms with E-state index in [9.17, 15) is 8.42 Å². The Labute approximate surface area is 92.6 Å². The molecule has 15 heavy (non-hydrogen) atoms. The predicted octanol–water partition coefficient (Wildman–Crippen LogP) is 1.20. The maximum absolute atomic E-state index is 11.4. The largest absolute Gasteiger partial charge is 0.313 e. The van der Waals surface area contributed by atoms with Gasteiger partial charge in [0.2, 0.25) is 0 Å². The van der Waals surface area contributed by atoms with E-state index in [4.69, 9.17) is 0 Å². The summed E-state index contributed by atoms with van der Waals surface area (Å²) in [6.07, 6.45) is 3.12. The molecule has 2 atom stereocenters. The average Bonchev–Trinajstić information content (AvgIpc) is 2.69. The topological polar surface area (TPSA) is 46.2 Å². The highest BCUT2D eigenvalue weighted by atomic mass is 32.2. The van der Waals surface area contributed by atoms with Crippen molar-refractivity contribution in [2.24, 2.45) is 11.3 Å². The Hall–Kier alpha value is -0.0900. The van der Waals surface area contributed by atoms with Gasteiger partial charge < -0.3 is 5.32 Å². The molecule has 1 saturated heterocycles. The lowest BCUT2D eigenvalue weighted by Gasteiger charge is -2.23. The molecule has 0 radical (unpaired) electrons. The molecule has 2 fully saturated rings. The second kappa shape index (κ2) is 3.74. The summed E-state index contributed by atoms with van der Waals surface area (Å²) in [7, 11) is -2.75. The fraction of sp³-hybridized carbons (Fsp3) is 1.00. The molecule has 2 unspecified atom stereocenters. The van der Waals surface area contributed by atoms with Crippen LogP contribution in [0.5, 0.6) is 0 Å². The lowest BCUT2D eigenvalue weighted by atomic mass is 10.1. The lowest BCUT2D eigenvalue weighted by Crippen LogP contribution is -2.41. The van der Waals surface area contributed by atoms with Crippen LogP contribution < -0.4 is 5.32 Å². The second-order valence-corrected chi connectivity index (χ2v) is 7.98. The molecular weight excluding hydrogens is 210 g/mol. The van der Waals surface area contributed by atoms with Crippen molar-refractivity contribution in [3.8, 4) is 0 Å². The summed E-state index contributed by atoms with van der Waals surface area (Å²) in [6, 6.07) is 0.208. The van der Waals surface area contributed by atoms with Gasteiger partial charge in [-0.05, 0) is 37.1 Å². The molecule has 0 aromatic rings. The number of nitrogens with one attached hydrogen (secondary N) is 1. The molecule has 4 heteroatoms. The van der Waals surface area contributed by atoms with Crippen molar-refractivity contribution in [2.75, 3.05) is 18.1 Å². The van der Waals surface area contributed by atoms with E-state index in [1.54, 1.807) is 0 Å². The summed E-state index contributed by atoms with van der Waals surface area (Å²) in [5, 5.41) is 3.42. The molecule has 0 amide bonds. The quantitative estimate of drug-likeness (QED) is 0.794. The normalized spacial score (nSPS) is 37.5. The van der Waals surface area contributed by atoms with Crippen LogP contribution in [0, 0.1) is 11.3 Å². The van der Waals surface area contributed by atoms with Gasteiger partial charge in [0, 0.05) is 6.04 Å². The third kappa shape index (κ3) is 2.94. The first-order chi connectivity index (χ1) is 6.89. The van der Waals surface area contributed by atoms with Gasteiger partial charge in [-0.3, -0.25) is 0 Å². The number of hydrogen-bond acceptors (Lipinski definition) is 3. The fourth-order valence-electron chi connectivity index (χ4n) is 2.42. The number of rotatable bonds is 3. The Morgan fingerprint density at radius 3 is 2.60 bits per heavy atom. The SMILES string of the molecule is CC1(C)CC1CNC1CCCS(=O)(=O)C1. The van der Waals surface area contributed by atoms with E-state index < -0.39 is 9.84 Å². The van der Waals surface area contributed by atoms with Gasteiger partial charge >= 0.3 is 0 Å². The van der Waals surface area contributed by atoms with E-state index in [1.807, 2.05) is 0 Å². The van der Waals surface area contributed by atoms with Crippen molar-refractivity contribution in [3.63, 3.8) is 0 Å². The molecule has 1 heterocycles. The third-order valence-corrected chi connectivity index (χ3v) is 5.65. The number of hydrogen-bond donors (Lipinski definition) is 1. The van der Waals surface area contributed by atoms with Gasteiger partial charge in [-0.2, -0.15) is 0 Å². The van der Waals surface area contributed by atoms with Gasteiger partial charge in [0.05, 0.1) is 11.5 Å². The summed E-state index contributed by atoms with van der Waals surface area (Å²) >= 11 is 0. The molecule has 0 aromatic carbocycles. The molecule has 2 rings (SSSR count). The maximum Gasteiger partial charge on any atom is 0.151 e. The zero-order chi connectivity index (χ0) is 11.1. The lowest BCUT2D eigenvalue weighted by molar-refractivity contribution is 0.445. The molecule has 1 aliphatic carbocycles. The molecule has 3 nitrogen and oxygen atoms in total. The molecule has 0 bridgehead atoms. The van der Waals surface area contributed by atoms with Crippen LogP contribution in [-0.4, -0.2) is 32.5 Å². The summed E-state index contributed by atoms with van der Waals surface area (Å²) in [5.74, 6) is 1.49. The smallest absolute Gasteiger partial charge is 0.151 e. The highest BCUT2D eigenvalue weighted by Gasteiger charge is 2.45. The standard InChI is InChI=1S/C11H21NO2S/c1-11(2)6-9(11)7-12-10-4-3-5-15(13,14)8-10/h9-10,12H,3-8H2,1-2H3. The minimum Gasteiger partial charge on any atom is -0.313 e. The molecule has 1 saturated carbocycles. The van der Waals surface area contributed by atoms with Crippen LogP contribution in [0.4, 0.5) is 0 Å². The summed E-state index contributed by atoms with van der Waals surface area (Å²) in [6.45, 7) is 5.54. The number of sulfone groups is 1. The van der Waals surface area contributed by atoms with Crippen molar-refractivity contribution < 1.29 is 8.42 Å². The van der Waals surface area contributed by atoms with Crippen LogP contribution in [0.25, 0.3) is 0 Å². The molecule has 1 N–H and O–H groups in total. The maximum atomic E-state index is 11.4. The van der Waals surface area contributed by atoms with Crippen LogP contribution in [0.15, 0.2) is 0 Å². The van der Waals surface area contributed by atoms with Gasteiger partial charge in [-0.1, -0.05) is 13.8 Å². The molecular formula is C11H21NO2S. The molecule has 0 aromatic heterocycles. The van der Waals surface area contributed by atoms with E-state index in [-0.39, 0.29) is 6.04 Å². The molecule has 88 valence electrons. The van der Waals surface area contributed by atoms with Crippen LogP contribution in [-0.2, 0) is 9.84 Å². The first-order valence-corrected chi connectivity index (χ1v) is 7.65. The van der Waals surface area contributed by atoms with Crippen molar-refractivity contribution in [1.29, 1.82) is 0 Å².